The Morgan fingerprint density at radius 1 is 0.868 bits per heavy atom. The molecule has 9 atom stereocenters. The van der Waals surface area contributed by atoms with E-state index in [1.165, 1.54) is 57.8 Å². The van der Waals surface area contributed by atoms with Crippen molar-refractivity contribution in [3.63, 3.8) is 0 Å². The van der Waals surface area contributed by atoms with Crippen LogP contribution in [-0.2, 0) is 14.3 Å². The fourth-order valence-corrected chi connectivity index (χ4v) is 11.4. The molecule has 0 N–H and O–H groups in total. The van der Waals surface area contributed by atoms with E-state index in [9.17, 15) is 8.42 Å². The van der Waals surface area contributed by atoms with Gasteiger partial charge in [0.25, 0.3) is 10.1 Å². The van der Waals surface area contributed by atoms with Crippen LogP contribution in [0.5, 0.6) is 0 Å². The summed E-state index contributed by atoms with van der Waals surface area (Å²) in [5, 5.41) is 0. The number of benzene rings is 1. The zero-order valence-corrected chi connectivity index (χ0v) is 25.9. The first-order valence-corrected chi connectivity index (χ1v) is 17.3. The standard InChI is InChI=1S/C34H54O3S/c1-23(2)8-7-9-25(4)30-16-17-31-29-15-12-26-22-27(37-38(35,36)28-13-10-24(3)11-14-28)18-20-33(26,5)32(29)19-21-34(30,31)6/h10-11,13-14,23,25-27,29-32H,7-9,12,15-22H2,1-6H3. The molecule has 1 aromatic rings. The van der Waals surface area contributed by atoms with Crippen LogP contribution in [0.1, 0.15) is 117 Å². The van der Waals surface area contributed by atoms with E-state index in [1.54, 1.807) is 12.1 Å². The van der Waals surface area contributed by atoms with E-state index in [-0.39, 0.29) is 6.10 Å². The summed E-state index contributed by atoms with van der Waals surface area (Å²) in [5.74, 6) is 5.75. The fraction of sp³-hybridized carbons (Fsp3) is 0.824. The highest BCUT2D eigenvalue weighted by atomic mass is 32.2. The lowest BCUT2D eigenvalue weighted by molar-refractivity contribution is -0.126. The average Bonchev–Trinajstić information content (AvgIpc) is 3.21. The van der Waals surface area contributed by atoms with Crippen LogP contribution in [0.2, 0.25) is 0 Å². The number of fused-ring (bicyclic) bond motifs is 5. The largest absolute Gasteiger partial charge is 0.297 e. The summed E-state index contributed by atoms with van der Waals surface area (Å²) in [4.78, 5) is 0.293. The van der Waals surface area contributed by atoms with Crippen LogP contribution in [0.4, 0.5) is 0 Å². The maximum Gasteiger partial charge on any atom is 0.297 e. The molecule has 0 aromatic heterocycles. The molecule has 0 saturated heterocycles. The van der Waals surface area contributed by atoms with Gasteiger partial charge in [-0.1, -0.05) is 71.6 Å². The van der Waals surface area contributed by atoms with E-state index in [2.05, 4.69) is 34.6 Å². The van der Waals surface area contributed by atoms with Gasteiger partial charge in [0, 0.05) is 0 Å². The van der Waals surface area contributed by atoms with Gasteiger partial charge < -0.3 is 0 Å². The van der Waals surface area contributed by atoms with Crippen molar-refractivity contribution < 1.29 is 12.6 Å². The molecule has 4 heteroatoms. The van der Waals surface area contributed by atoms with Crippen molar-refractivity contribution in [2.75, 3.05) is 0 Å². The molecule has 5 rings (SSSR count). The summed E-state index contributed by atoms with van der Waals surface area (Å²) in [5.41, 5.74) is 1.94. The molecule has 214 valence electrons. The summed E-state index contributed by atoms with van der Waals surface area (Å²) in [6.45, 7) is 14.5. The second-order valence-electron chi connectivity index (χ2n) is 14.9. The Kier molecular flexibility index (Phi) is 8.17. The van der Waals surface area contributed by atoms with Crippen LogP contribution in [0.3, 0.4) is 0 Å². The predicted molar refractivity (Wildman–Crippen MR) is 156 cm³/mol. The molecule has 0 aliphatic heterocycles. The van der Waals surface area contributed by atoms with Crippen LogP contribution in [0.15, 0.2) is 29.2 Å². The van der Waals surface area contributed by atoms with Crippen LogP contribution in [0.25, 0.3) is 0 Å². The summed E-state index contributed by atoms with van der Waals surface area (Å²) < 4.78 is 31.9. The summed E-state index contributed by atoms with van der Waals surface area (Å²) in [6.07, 6.45) is 15.2. The van der Waals surface area contributed by atoms with E-state index in [4.69, 9.17) is 4.18 Å². The third-order valence-corrected chi connectivity index (χ3v) is 13.8. The average molecular weight is 543 g/mol. The third-order valence-electron chi connectivity index (χ3n) is 12.4. The van der Waals surface area contributed by atoms with Crippen LogP contribution >= 0.6 is 0 Å². The molecule has 0 spiro atoms. The first-order valence-electron chi connectivity index (χ1n) is 15.9. The maximum absolute atomic E-state index is 13.0. The molecule has 4 aliphatic rings. The van der Waals surface area contributed by atoms with Crippen LogP contribution in [-0.4, -0.2) is 14.5 Å². The van der Waals surface area contributed by atoms with Gasteiger partial charge in [-0.25, -0.2) is 0 Å². The van der Waals surface area contributed by atoms with Crippen molar-refractivity contribution in [1.82, 2.24) is 0 Å². The van der Waals surface area contributed by atoms with E-state index < -0.39 is 10.1 Å². The molecular formula is C34H54O3S. The Morgan fingerprint density at radius 2 is 1.55 bits per heavy atom. The van der Waals surface area contributed by atoms with E-state index in [0.29, 0.717) is 21.6 Å². The second kappa shape index (κ2) is 10.8. The Labute approximate surface area is 234 Å². The molecule has 9 unspecified atom stereocenters. The number of rotatable bonds is 8. The molecular weight excluding hydrogens is 488 g/mol. The van der Waals surface area contributed by atoms with E-state index in [0.717, 1.165) is 60.3 Å². The molecule has 38 heavy (non-hydrogen) atoms. The molecule has 4 aliphatic carbocycles. The van der Waals surface area contributed by atoms with Crippen LogP contribution in [0, 0.1) is 59.2 Å². The van der Waals surface area contributed by atoms with Gasteiger partial charge in [-0.2, -0.15) is 8.42 Å². The Morgan fingerprint density at radius 3 is 2.26 bits per heavy atom. The molecule has 4 saturated carbocycles. The third kappa shape index (κ3) is 5.27. The van der Waals surface area contributed by atoms with Gasteiger partial charge >= 0.3 is 0 Å². The lowest BCUT2D eigenvalue weighted by Crippen LogP contribution is -2.54. The smallest absolute Gasteiger partial charge is 0.263 e. The normalized spacial score (nSPS) is 39.9. The topological polar surface area (TPSA) is 43.4 Å². The monoisotopic (exact) mass is 542 g/mol. The molecule has 0 bridgehead atoms. The van der Waals surface area contributed by atoms with E-state index in [1.807, 2.05) is 19.1 Å². The molecule has 0 amide bonds. The van der Waals surface area contributed by atoms with Gasteiger partial charge in [-0.15, -0.1) is 0 Å². The zero-order valence-electron chi connectivity index (χ0n) is 25.0. The van der Waals surface area contributed by atoms with Gasteiger partial charge in [-0.3, -0.25) is 4.18 Å². The minimum Gasteiger partial charge on any atom is -0.263 e. The lowest BCUT2D eigenvalue weighted by Gasteiger charge is -2.61. The van der Waals surface area contributed by atoms with Gasteiger partial charge in [0.1, 0.15) is 0 Å². The Balaban J connectivity index is 1.24. The number of hydrogen-bond donors (Lipinski definition) is 0. The quantitative estimate of drug-likeness (QED) is 0.308. The van der Waals surface area contributed by atoms with Gasteiger partial charge in [-0.05, 0) is 129 Å². The van der Waals surface area contributed by atoms with Crippen LogP contribution < -0.4 is 0 Å². The highest BCUT2D eigenvalue weighted by Crippen LogP contribution is 2.68. The first kappa shape index (κ1) is 28.7. The number of aryl methyl sites for hydroxylation is 1. The SMILES string of the molecule is Cc1ccc(S(=O)(=O)OC2CCC3(C)C(CCC4C3CCC3(C)C(C(C)CCCC(C)C)CCC43)C2)cc1. The highest BCUT2D eigenvalue weighted by molar-refractivity contribution is 7.86. The molecule has 3 nitrogen and oxygen atoms in total. The maximum atomic E-state index is 13.0. The molecule has 4 fully saturated rings. The Bertz CT molecular complexity index is 1060. The van der Waals surface area contributed by atoms with Gasteiger partial charge in [0.05, 0.1) is 11.0 Å². The van der Waals surface area contributed by atoms with Gasteiger partial charge in [0.2, 0.25) is 0 Å². The molecule has 1 aromatic carbocycles. The van der Waals surface area contributed by atoms with Crippen molar-refractivity contribution >= 4 is 10.1 Å². The summed E-state index contributed by atoms with van der Waals surface area (Å²) >= 11 is 0. The lowest BCUT2D eigenvalue weighted by atomic mass is 9.44. The minimum atomic E-state index is -3.70. The summed E-state index contributed by atoms with van der Waals surface area (Å²) in [6, 6.07) is 7.07. The predicted octanol–water partition coefficient (Wildman–Crippen LogP) is 9.19. The van der Waals surface area contributed by atoms with Crippen molar-refractivity contribution in [2.24, 2.45) is 52.3 Å². The minimum absolute atomic E-state index is 0.174. The van der Waals surface area contributed by atoms with Crippen molar-refractivity contribution in [1.29, 1.82) is 0 Å². The molecule has 0 heterocycles. The van der Waals surface area contributed by atoms with Gasteiger partial charge in [0.15, 0.2) is 0 Å². The number of hydrogen-bond acceptors (Lipinski definition) is 3. The highest BCUT2D eigenvalue weighted by Gasteiger charge is 2.60. The van der Waals surface area contributed by atoms with Crippen molar-refractivity contribution in [3.05, 3.63) is 29.8 Å². The second-order valence-corrected chi connectivity index (χ2v) is 16.5. The summed E-state index contributed by atoms with van der Waals surface area (Å²) in [7, 11) is -3.70. The molecule has 0 radical (unpaired) electrons. The van der Waals surface area contributed by atoms with Crippen molar-refractivity contribution in [2.45, 2.75) is 130 Å². The van der Waals surface area contributed by atoms with Crippen molar-refractivity contribution in [3.8, 4) is 0 Å². The fourth-order valence-electron chi connectivity index (χ4n) is 10.3. The van der Waals surface area contributed by atoms with E-state index >= 15 is 0 Å². The Hall–Kier alpha value is -0.870. The first-order chi connectivity index (χ1) is 17.9. The zero-order chi connectivity index (χ0) is 27.3.